The summed E-state index contributed by atoms with van der Waals surface area (Å²) in [6.45, 7) is 13.8. The number of ether oxygens (including phenoxy) is 3. The Bertz CT molecular complexity index is 1040. The van der Waals surface area contributed by atoms with Crippen LogP contribution in [0.15, 0.2) is 0 Å². The van der Waals surface area contributed by atoms with Gasteiger partial charge in [0.1, 0.15) is 13.2 Å². The van der Waals surface area contributed by atoms with E-state index in [0.717, 1.165) is 75.5 Å². The van der Waals surface area contributed by atoms with E-state index in [4.69, 9.17) is 14.2 Å². The van der Waals surface area contributed by atoms with Crippen molar-refractivity contribution in [3.8, 4) is 0 Å². The molecule has 0 radical (unpaired) electrons. The van der Waals surface area contributed by atoms with Crippen molar-refractivity contribution in [2.24, 2.45) is 17.8 Å². The molecule has 0 spiro atoms. The molecule has 0 aromatic heterocycles. The SMILES string of the molecule is CCC(C)CCCCCCCCC(=O)OC[C@H](COC(=O)CCCCCCCCCCCCCCCCCCCCC(C)C)OC(=O)CCCCCCCCCCCCCCCCCC(C)C. The third-order valence-corrected chi connectivity index (χ3v) is 14.3. The van der Waals surface area contributed by atoms with Gasteiger partial charge in [0.25, 0.3) is 0 Å². The van der Waals surface area contributed by atoms with E-state index in [2.05, 4.69) is 41.5 Å². The largest absolute Gasteiger partial charge is 0.462 e. The lowest BCUT2D eigenvalue weighted by Crippen LogP contribution is -2.30. The fraction of sp³-hybridized carbons (Fsp3) is 0.951. The Hall–Kier alpha value is -1.59. The molecular formula is C61H118O6. The van der Waals surface area contributed by atoms with Crippen molar-refractivity contribution in [1.29, 1.82) is 0 Å². The molecule has 67 heavy (non-hydrogen) atoms. The second-order valence-corrected chi connectivity index (χ2v) is 22.2. The van der Waals surface area contributed by atoms with Crippen LogP contribution in [-0.4, -0.2) is 37.2 Å². The summed E-state index contributed by atoms with van der Waals surface area (Å²) in [6, 6.07) is 0. The molecule has 0 aliphatic heterocycles. The van der Waals surface area contributed by atoms with Gasteiger partial charge in [-0.15, -0.1) is 0 Å². The highest BCUT2D eigenvalue weighted by Gasteiger charge is 2.19. The van der Waals surface area contributed by atoms with Gasteiger partial charge in [-0.2, -0.15) is 0 Å². The van der Waals surface area contributed by atoms with Gasteiger partial charge >= 0.3 is 17.9 Å². The average molecular weight is 948 g/mol. The second kappa shape index (κ2) is 52.2. The van der Waals surface area contributed by atoms with E-state index in [9.17, 15) is 14.4 Å². The van der Waals surface area contributed by atoms with Gasteiger partial charge in [0.05, 0.1) is 0 Å². The maximum atomic E-state index is 12.9. The van der Waals surface area contributed by atoms with E-state index in [1.165, 1.54) is 218 Å². The highest BCUT2D eigenvalue weighted by molar-refractivity contribution is 5.71. The fourth-order valence-electron chi connectivity index (χ4n) is 9.32. The molecule has 0 aliphatic carbocycles. The van der Waals surface area contributed by atoms with Gasteiger partial charge in [-0.05, 0) is 37.0 Å². The summed E-state index contributed by atoms with van der Waals surface area (Å²) in [6.07, 6.45) is 55.4. The zero-order valence-electron chi connectivity index (χ0n) is 46.2. The van der Waals surface area contributed by atoms with E-state index in [-0.39, 0.29) is 31.1 Å². The Balaban J connectivity index is 4.21. The van der Waals surface area contributed by atoms with Crippen molar-refractivity contribution >= 4 is 17.9 Å². The molecule has 0 saturated heterocycles. The van der Waals surface area contributed by atoms with Crippen molar-refractivity contribution in [3.63, 3.8) is 0 Å². The first kappa shape index (κ1) is 65.4. The molecule has 0 saturated carbocycles. The maximum absolute atomic E-state index is 12.9. The van der Waals surface area contributed by atoms with E-state index >= 15 is 0 Å². The molecular weight excluding hydrogens is 829 g/mol. The summed E-state index contributed by atoms with van der Waals surface area (Å²) in [5, 5.41) is 0. The molecule has 0 aromatic rings. The van der Waals surface area contributed by atoms with Gasteiger partial charge in [0.15, 0.2) is 6.10 Å². The predicted molar refractivity (Wildman–Crippen MR) is 289 cm³/mol. The number of carbonyl (C=O) groups is 3. The number of unbranched alkanes of at least 4 members (excludes halogenated alkanes) is 36. The molecule has 6 heteroatoms. The van der Waals surface area contributed by atoms with Crippen molar-refractivity contribution < 1.29 is 28.6 Å². The third kappa shape index (κ3) is 53.6. The molecule has 398 valence electrons. The van der Waals surface area contributed by atoms with E-state index in [1.54, 1.807) is 0 Å². The van der Waals surface area contributed by atoms with Gasteiger partial charge in [-0.1, -0.05) is 298 Å². The highest BCUT2D eigenvalue weighted by atomic mass is 16.6. The number of esters is 3. The molecule has 0 rings (SSSR count). The first-order chi connectivity index (χ1) is 32.6. The van der Waals surface area contributed by atoms with Crippen LogP contribution in [0.5, 0.6) is 0 Å². The summed E-state index contributed by atoms with van der Waals surface area (Å²) < 4.78 is 16.9. The molecule has 0 amide bonds. The van der Waals surface area contributed by atoms with Crippen molar-refractivity contribution in [2.75, 3.05) is 13.2 Å². The molecule has 6 nitrogen and oxygen atoms in total. The number of carbonyl (C=O) groups excluding carboxylic acids is 3. The minimum Gasteiger partial charge on any atom is -0.462 e. The molecule has 0 N–H and O–H groups in total. The van der Waals surface area contributed by atoms with Crippen LogP contribution in [0.1, 0.15) is 337 Å². The van der Waals surface area contributed by atoms with E-state index in [1.807, 2.05) is 0 Å². The van der Waals surface area contributed by atoms with Gasteiger partial charge in [0, 0.05) is 19.3 Å². The van der Waals surface area contributed by atoms with Crippen molar-refractivity contribution in [2.45, 2.75) is 343 Å². The Morgan fingerprint density at radius 3 is 0.776 bits per heavy atom. The number of hydrogen-bond donors (Lipinski definition) is 0. The smallest absolute Gasteiger partial charge is 0.306 e. The molecule has 2 atom stereocenters. The van der Waals surface area contributed by atoms with Gasteiger partial charge in [-0.25, -0.2) is 0 Å². The Morgan fingerprint density at radius 2 is 0.522 bits per heavy atom. The zero-order valence-corrected chi connectivity index (χ0v) is 46.2. The van der Waals surface area contributed by atoms with Crippen molar-refractivity contribution in [1.82, 2.24) is 0 Å². The molecule has 0 heterocycles. The van der Waals surface area contributed by atoms with E-state index in [0.29, 0.717) is 19.3 Å². The lowest BCUT2D eigenvalue weighted by Gasteiger charge is -2.18. The van der Waals surface area contributed by atoms with Crippen LogP contribution >= 0.6 is 0 Å². The minimum atomic E-state index is -0.764. The first-order valence-electron chi connectivity index (χ1n) is 30.1. The second-order valence-electron chi connectivity index (χ2n) is 22.2. The van der Waals surface area contributed by atoms with Gasteiger partial charge in [-0.3, -0.25) is 14.4 Å². The van der Waals surface area contributed by atoms with E-state index < -0.39 is 6.10 Å². The van der Waals surface area contributed by atoms with Crippen LogP contribution in [-0.2, 0) is 28.6 Å². The minimum absolute atomic E-state index is 0.0639. The van der Waals surface area contributed by atoms with Crippen LogP contribution in [0, 0.1) is 17.8 Å². The maximum Gasteiger partial charge on any atom is 0.306 e. The zero-order chi connectivity index (χ0) is 49.1. The molecule has 0 aromatic carbocycles. The third-order valence-electron chi connectivity index (χ3n) is 14.3. The van der Waals surface area contributed by atoms with Crippen LogP contribution < -0.4 is 0 Å². The predicted octanol–water partition coefficient (Wildman–Crippen LogP) is 19.9. The average Bonchev–Trinajstić information content (AvgIpc) is 3.30. The first-order valence-corrected chi connectivity index (χ1v) is 30.1. The normalized spacial score (nSPS) is 12.5. The highest BCUT2D eigenvalue weighted by Crippen LogP contribution is 2.19. The molecule has 0 fully saturated rings. The summed E-state index contributed by atoms with van der Waals surface area (Å²) in [5.74, 6) is 1.68. The Labute approximate surface area is 418 Å². The fourth-order valence-corrected chi connectivity index (χ4v) is 9.32. The van der Waals surface area contributed by atoms with Crippen LogP contribution in [0.4, 0.5) is 0 Å². The lowest BCUT2D eigenvalue weighted by molar-refractivity contribution is -0.167. The Kier molecular flexibility index (Phi) is 51.0. The molecule has 1 unspecified atom stereocenters. The lowest BCUT2D eigenvalue weighted by atomic mass is 10.00. The van der Waals surface area contributed by atoms with Crippen LogP contribution in [0.3, 0.4) is 0 Å². The topological polar surface area (TPSA) is 78.9 Å². The van der Waals surface area contributed by atoms with Crippen LogP contribution in [0.2, 0.25) is 0 Å². The van der Waals surface area contributed by atoms with Crippen molar-refractivity contribution in [3.05, 3.63) is 0 Å². The monoisotopic (exact) mass is 947 g/mol. The Morgan fingerprint density at radius 1 is 0.299 bits per heavy atom. The molecule has 0 aliphatic rings. The summed E-state index contributed by atoms with van der Waals surface area (Å²) in [4.78, 5) is 38.1. The number of rotatable bonds is 54. The summed E-state index contributed by atoms with van der Waals surface area (Å²) >= 11 is 0. The number of hydrogen-bond acceptors (Lipinski definition) is 6. The van der Waals surface area contributed by atoms with Crippen LogP contribution in [0.25, 0.3) is 0 Å². The summed E-state index contributed by atoms with van der Waals surface area (Å²) in [7, 11) is 0. The van der Waals surface area contributed by atoms with Gasteiger partial charge < -0.3 is 14.2 Å². The standard InChI is InChI=1S/C61H118O6/c1-7-57(6)49-43-37-33-34-39-45-51-60(63)66-54-58(67-61(64)52-46-40-32-28-24-20-16-12-14-18-22-26-30-36-42-48-56(4)5)53-65-59(62)50-44-38-31-27-23-19-15-11-9-8-10-13-17-21-25-29-35-41-47-55(2)3/h55-58H,7-54H2,1-6H3/t57?,58-/m0/s1. The van der Waals surface area contributed by atoms with Gasteiger partial charge in [0.2, 0.25) is 0 Å². The molecule has 0 bridgehead atoms. The quantitative estimate of drug-likeness (QED) is 0.0343. The summed E-state index contributed by atoms with van der Waals surface area (Å²) in [5.41, 5.74) is 0.